The summed E-state index contributed by atoms with van der Waals surface area (Å²) in [5.41, 5.74) is 0.801. The fourth-order valence-corrected chi connectivity index (χ4v) is 2.58. The number of quaternary nitrogens is 1. The Hall–Kier alpha value is -0.0400. The zero-order valence-corrected chi connectivity index (χ0v) is 15.8. The summed E-state index contributed by atoms with van der Waals surface area (Å²) in [4.78, 5) is 11.9. The number of carbonyl (C=O) groups excluding carboxylic acids is 1. The molecule has 114 valence electrons. The van der Waals surface area contributed by atoms with Crippen LogP contribution in [0.4, 0.5) is 0 Å². The van der Waals surface area contributed by atoms with Gasteiger partial charge in [0.15, 0.2) is 0 Å². The third-order valence-electron chi connectivity index (χ3n) is 2.81. The van der Waals surface area contributed by atoms with E-state index in [-0.39, 0.29) is 35.9 Å². The molecule has 3 nitrogen and oxygen atoms in total. The van der Waals surface area contributed by atoms with Crippen LogP contribution in [0.3, 0.4) is 0 Å². The first kappa shape index (κ1) is 20.0. The molecule has 0 aromatic heterocycles. The summed E-state index contributed by atoms with van der Waals surface area (Å²) in [6, 6.07) is 5.35. The van der Waals surface area contributed by atoms with Crippen molar-refractivity contribution in [3.8, 4) is 0 Å². The molecule has 0 aliphatic rings. The summed E-state index contributed by atoms with van der Waals surface area (Å²) < 4.78 is 5.54. The van der Waals surface area contributed by atoms with Gasteiger partial charge in [-0.1, -0.05) is 29.3 Å². The van der Waals surface area contributed by atoms with Gasteiger partial charge >= 0.3 is 5.97 Å². The standard InChI is InChI=1S/C14H20Cl2NO2.HI/c1-17(2,3)9-10(14(18)19-4)8-11-12(15)6-5-7-13(11)16;/h5-7,10H,8-9H2,1-4H3;1H/q+1;/p-1. The molecule has 1 aromatic carbocycles. The van der Waals surface area contributed by atoms with E-state index in [1.807, 2.05) is 21.1 Å². The van der Waals surface area contributed by atoms with Crippen LogP contribution >= 0.6 is 23.2 Å². The number of hydrogen-bond acceptors (Lipinski definition) is 2. The Morgan fingerprint density at radius 2 is 1.75 bits per heavy atom. The minimum absolute atomic E-state index is 0. The lowest BCUT2D eigenvalue weighted by molar-refractivity contribution is -0.872. The predicted octanol–water partition coefficient (Wildman–Crippen LogP) is 0.0353. The smallest absolute Gasteiger partial charge is 0.314 e. The lowest BCUT2D eigenvalue weighted by Gasteiger charge is -2.28. The van der Waals surface area contributed by atoms with Crippen LogP contribution in [-0.4, -0.2) is 45.2 Å². The number of benzene rings is 1. The molecule has 0 aliphatic heterocycles. The van der Waals surface area contributed by atoms with Gasteiger partial charge in [0, 0.05) is 10.0 Å². The van der Waals surface area contributed by atoms with Crippen LogP contribution in [-0.2, 0) is 16.0 Å². The summed E-state index contributed by atoms with van der Waals surface area (Å²) in [6.07, 6.45) is 0.487. The third-order valence-corrected chi connectivity index (χ3v) is 3.52. The van der Waals surface area contributed by atoms with Crippen molar-refractivity contribution in [1.29, 1.82) is 0 Å². The molecule has 1 unspecified atom stereocenters. The molecule has 0 fully saturated rings. The van der Waals surface area contributed by atoms with Gasteiger partial charge in [0.25, 0.3) is 0 Å². The topological polar surface area (TPSA) is 26.3 Å². The Labute approximate surface area is 147 Å². The summed E-state index contributed by atoms with van der Waals surface area (Å²) in [6.45, 7) is 0.661. The molecule has 1 aromatic rings. The second kappa shape index (κ2) is 8.41. The van der Waals surface area contributed by atoms with Crippen molar-refractivity contribution in [2.75, 3.05) is 34.8 Å². The van der Waals surface area contributed by atoms with Gasteiger partial charge in [-0.2, -0.15) is 0 Å². The predicted molar refractivity (Wildman–Crippen MR) is 78.6 cm³/mol. The molecular formula is C14H20Cl2INO2. The third kappa shape index (κ3) is 6.16. The van der Waals surface area contributed by atoms with Gasteiger partial charge in [0.1, 0.15) is 5.92 Å². The SMILES string of the molecule is COC(=O)C(Cc1c(Cl)cccc1Cl)C[N+](C)(C)C.[I-]. The Bertz CT molecular complexity index is 441. The highest BCUT2D eigenvalue weighted by Gasteiger charge is 2.27. The van der Waals surface area contributed by atoms with Crippen molar-refractivity contribution in [3.63, 3.8) is 0 Å². The number of nitrogens with zero attached hydrogens (tertiary/aromatic N) is 1. The van der Waals surface area contributed by atoms with E-state index in [4.69, 9.17) is 27.9 Å². The average Bonchev–Trinajstić information content (AvgIpc) is 2.30. The van der Waals surface area contributed by atoms with Gasteiger partial charge in [-0.05, 0) is 24.1 Å². The normalized spacial score (nSPS) is 12.5. The molecule has 20 heavy (non-hydrogen) atoms. The van der Waals surface area contributed by atoms with Crippen molar-refractivity contribution in [3.05, 3.63) is 33.8 Å². The molecule has 0 amide bonds. The maximum atomic E-state index is 11.9. The fraction of sp³-hybridized carbons (Fsp3) is 0.500. The van der Waals surface area contributed by atoms with Crippen LogP contribution in [0.15, 0.2) is 18.2 Å². The van der Waals surface area contributed by atoms with Crippen LogP contribution in [0.1, 0.15) is 5.56 Å². The van der Waals surface area contributed by atoms with Crippen LogP contribution < -0.4 is 24.0 Å². The Balaban J connectivity index is 0.00000361. The van der Waals surface area contributed by atoms with E-state index in [1.54, 1.807) is 18.2 Å². The van der Waals surface area contributed by atoms with E-state index >= 15 is 0 Å². The second-order valence-electron chi connectivity index (χ2n) is 5.60. The van der Waals surface area contributed by atoms with Crippen LogP contribution in [0.25, 0.3) is 0 Å². The zero-order chi connectivity index (χ0) is 14.6. The van der Waals surface area contributed by atoms with Crippen molar-refractivity contribution < 1.29 is 38.0 Å². The Morgan fingerprint density at radius 1 is 1.25 bits per heavy atom. The molecule has 0 saturated heterocycles. The van der Waals surface area contributed by atoms with E-state index in [1.165, 1.54) is 7.11 Å². The van der Waals surface area contributed by atoms with E-state index < -0.39 is 0 Å². The van der Waals surface area contributed by atoms with Gasteiger partial charge in [0.2, 0.25) is 0 Å². The summed E-state index contributed by atoms with van der Waals surface area (Å²) in [5.74, 6) is -0.494. The van der Waals surface area contributed by atoms with Crippen LogP contribution in [0.5, 0.6) is 0 Å². The zero-order valence-electron chi connectivity index (χ0n) is 12.1. The maximum Gasteiger partial charge on any atom is 0.314 e. The molecule has 6 heteroatoms. The van der Waals surface area contributed by atoms with Crippen molar-refractivity contribution in [2.24, 2.45) is 5.92 Å². The number of esters is 1. The highest BCUT2D eigenvalue weighted by molar-refractivity contribution is 6.36. The molecule has 1 rings (SSSR count). The van der Waals surface area contributed by atoms with Crippen molar-refractivity contribution >= 4 is 29.2 Å². The van der Waals surface area contributed by atoms with Crippen LogP contribution in [0, 0.1) is 5.92 Å². The van der Waals surface area contributed by atoms with Gasteiger partial charge in [-0.25, -0.2) is 0 Å². The van der Waals surface area contributed by atoms with Crippen molar-refractivity contribution in [2.45, 2.75) is 6.42 Å². The van der Waals surface area contributed by atoms with E-state index in [0.717, 1.165) is 5.56 Å². The van der Waals surface area contributed by atoms with E-state index in [2.05, 4.69) is 0 Å². The quantitative estimate of drug-likeness (QED) is 0.373. The van der Waals surface area contributed by atoms with E-state index in [0.29, 0.717) is 27.5 Å². The lowest BCUT2D eigenvalue weighted by atomic mass is 9.98. The van der Waals surface area contributed by atoms with Gasteiger partial charge in [-0.15, -0.1) is 0 Å². The highest BCUT2D eigenvalue weighted by atomic mass is 127. The first-order chi connectivity index (χ1) is 8.74. The second-order valence-corrected chi connectivity index (χ2v) is 6.41. The first-order valence-electron chi connectivity index (χ1n) is 6.06. The molecule has 0 bridgehead atoms. The minimum Gasteiger partial charge on any atom is -1.00 e. The number of halogens is 3. The lowest BCUT2D eigenvalue weighted by Crippen LogP contribution is -3.00. The first-order valence-corrected chi connectivity index (χ1v) is 6.81. The maximum absolute atomic E-state index is 11.9. The minimum atomic E-state index is -0.262. The molecule has 0 aliphatic carbocycles. The van der Waals surface area contributed by atoms with Gasteiger partial charge in [-0.3, -0.25) is 4.79 Å². The van der Waals surface area contributed by atoms with Crippen LogP contribution in [0.2, 0.25) is 10.0 Å². The number of hydrogen-bond donors (Lipinski definition) is 0. The number of rotatable bonds is 5. The van der Waals surface area contributed by atoms with Crippen molar-refractivity contribution in [1.82, 2.24) is 0 Å². The molecule has 0 N–H and O–H groups in total. The summed E-state index contributed by atoms with van der Waals surface area (Å²) in [5, 5.41) is 1.17. The molecule has 0 saturated carbocycles. The number of ether oxygens (including phenoxy) is 1. The number of methoxy groups -OCH3 is 1. The fourth-order valence-electron chi connectivity index (χ4n) is 2.02. The van der Waals surface area contributed by atoms with Gasteiger partial charge < -0.3 is 33.2 Å². The molecule has 1 atom stereocenters. The van der Waals surface area contributed by atoms with E-state index in [9.17, 15) is 4.79 Å². The average molecular weight is 432 g/mol. The molecule has 0 heterocycles. The summed E-state index contributed by atoms with van der Waals surface area (Å²) >= 11 is 12.3. The largest absolute Gasteiger partial charge is 1.00 e. The Kier molecular flexibility index (Phi) is 8.40. The monoisotopic (exact) mass is 431 g/mol. The summed E-state index contributed by atoms with van der Waals surface area (Å²) in [7, 11) is 7.50. The molecular weight excluding hydrogens is 412 g/mol. The highest BCUT2D eigenvalue weighted by Crippen LogP contribution is 2.27. The molecule has 0 radical (unpaired) electrons. The Morgan fingerprint density at radius 3 is 2.15 bits per heavy atom. The van der Waals surface area contributed by atoms with Gasteiger partial charge in [0.05, 0.1) is 34.8 Å². The number of carbonyl (C=O) groups is 1. The molecule has 0 spiro atoms.